The van der Waals surface area contributed by atoms with E-state index in [2.05, 4.69) is 27.3 Å². The summed E-state index contributed by atoms with van der Waals surface area (Å²) in [5.74, 6) is -0.558. The summed E-state index contributed by atoms with van der Waals surface area (Å²) < 4.78 is 15.8. The van der Waals surface area contributed by atoms with Crippen LogP contribution in [0.5, 0.6) is 0 Å². The summed E-state index contributed by atoms with van der Waals surface area (Å²) in [4.78, 5) is 23.0. The first kappa shape index (κ1) is 14.6. The van der Waals surface area contributed by atoms with E-state index in [0.717, 1.165) is 3.57 Å². The van der Waals surface area contributed by atoms with Gasteiger partial charge in [-0.05, 0) is 52.9 Å². The zero-order chi connectivity index (χ0) is 14.5. The molecule has 0 aliphatic rings. The molecule has 1 heterocycles. The molecule has 0 aliphatic carbocycles. The SMILES string of the molecule is COC(=O)c1ccc(COC(=O)c2cccc(I)c2)o1. The van der Waals surface area contributed by atoms with E-state index >= 15 is 0 Å². The molecule has 0 N–H and O–H groups in total. The fraction of sp³-hybridized carbons (Fsp3) is 0.143. The highest BCUT2D eigenvalue weighted by atomic mass is 127. The third-order valence-electron chi connectivity index (χ3n) is 2.45. The zero-order valence-electron chi connectivity index (χ0n) is 10.6. The number of benzene rings is 1. The van der Waals surface area contributed by atoms with E-state index in [9.17, 15) is 9.59 Å². The quantitative estimate of drug-likeness (QED) is 0.597. The van der Waals surface area contributed by atoms with Gasteiger partial charge < -0.3 is 13.9 Å². The highest BCUT2D eigenvalue weighted by molar-refractivity contribution is 14.1. The highest BCUT2D eigenvalue weighted by Crippen LogP contribution is 2.13. The molecule has 20 heavy (non-hydrogen) atoms. The molecule has 0 atom stereocenters. The van der Waals surface area contributed by atoms with Gasteiger partial charge in [-0.1, -0.05) is 6.07 Å². The molecule has 6 heteroatoms. The Morgan fingerprint density at radius 1 is 1.20 bits per heavy atom. The van der Waals surface area contributed by atoms with Crippen LogP contribution in [0.3, 0.4) is 0 Å². The van der Waals surface area contributed by atoms with Crippen molar-refractivity contribution < 1.29 is 23.5 Å². The van der Waals surface area contributed by atoms with Crippen LogP contribution in [0.25, 0.3) is 0 Å². The predicted molar refractivity (Wildman–Crippen MR) is 78.3 cm³/mol. The summed E-state index contributed by atoms with van der Waals surface area (Å²) in [6.45, 7) is -0.0404. The van der Waals surface area contributed by atoms with Gasteiger partial charge in [-0.25, -0.2) is 9.59 Å². The summed E-state index contributed by atoms with van der Waals surface area (Å²) in [6, 6.07) is 10.1. The third-order valence-corrected chi connectivity index (χ3v) is 3.13. The van der Waals surface area contributed by atoms with Gasteiger partial charge in [0.1, 0.15) is 12.4 Å². The molecule has 1 aromatic heterocycles. The van der Waals surface area contributed by atoms with Crippen LogP contribution in [0.15, 0.2) is 40.8 Å². The maximum absolute atomic E-state index is 11.8. The Bertz CT molecular complexity index is 632. The molecule has 0 unspecified atom stereocenters. The Kier molecular flexibility index (Phi) is 4.78. The molecule has 2 rings (SSSR count). The molecule has 0 aliphatic heterocycles. The van der Waals surface area contributed by atoms with Gasteiger partial charge in [0.15, 0.2) is 0 Å². The maximum Gasteiger partial charge on any atom is 0.373 e. The van der Waals surface area contributed by atoms with Gasteiger partial charge in [0.05, 0.1) is 12.7 Å². The first-order valence-electron chi connectivity index (χ1n) is 5.70. The molecule has 0 bridgehead atoms. The Morgan fingerprint density at radius 2 is 2.00 bits per heavy atom. The van der Waals surface area contributed by atoms with Crippen molar-refractivity contribution in [2.24, 2.45) is 0 Å². The zero-order valence-corrected chi connectivity index (χ0v) is 12.7. The van der Waals surface area contributed by atoms with Crippen LogP contribution >= 0.6 is 22.6 Å². The molecule has 5 nitrogen and oxygen atoms in total. The molecule has 0 fully saturated rings. The molecule has 0 saturated heterocycles. The van der Waals surface area contributed by atoms with E-state index in [-0.39, 0.29) is 12.4 Å². The lowest BCUT2D eigenvalue weighted by Gasteiger charge is -2.03. The van der Waals surface area contributed by atoms with Crippen molar-refractivity contribution in [3.8, 4) is 0 Å². The standard InChI is InChI=1S/C14H11IO5/c1-18-14(17)12-6-5-11(20-12)8-19-13(16)9-3-2-4-10(15)7-9/h2-7H,8H2,1H3. The second-order valence-electron chi connectivity index (χ2n) is 3.84. The van der Waals surface area contributed by atoms with Crippen molar-refractivity contribution in [3.63, 3.8) is 0 Å². The number of ether oxygens (including phenoxy) is 2. The number of rotatable bonds is 4. The van der Waals surface area contributed by atoms with Gasteiger partial charge in [0.2, 0.25) is 5.76 Å². The summed E-state index contributed by atoms with van der Waals surface area (Å²) in [7, 11) is 1.27. The monoisotopic (exact) mass is 386 g/mol. The molecular weight excluding hydrogens is 375 g/mol. The largest absolute Gasteiger partial charge is 0.463 e. The van der Waals surface area contributed by atoms with Gasteiger partial charge >= 0.3 is 11.9 Å². The second-order valence-corrected chi connectivity index (χ2v) is 5.09. The Hall–Kier alpha value is -1.83. The Morgan fingerprint density at radius 3 is 2.70 bits per heavy atom. The molecule has 2 aromatic rings. The van der Waals surface area contributed by atoms with Gasteiger partial charge in [-0.2, -0.15) is 0 Å². The third kappa shape index (κ3) is 3.60. The lowest BCUT2D eigenvalue weighted by atomic mass is 10.2. The van der Waals surface area contributed by atoms with Crippen LogP contribution in [0.1, 0.15) is 26.7 Å². The van der Waals surface area contributed by atoms with Crippen molar-refractivity contribution in [2.45, 2.75) is 6.61 Å². The fourth-order valence-electron chi connectivity index (χ4n) is 1.50. The number of carbonyl (C=O) groups is 2. The highest BCUT2D eigenvalue weighted by Gasteiger charge is 2.13. The number of halogens is 1. The van der Waals surface area contributed by atoms with Crippen LogP contribution in [0.2, 0.25) is 0 Å². The van der Waals surface area contributed by atoms with Crippen LogP contribution in [-0.2, 0) is 16.1 Å². The normalized spacial score (nSPS) is 10.1. The van der Waals surface area contributed by atoms with Gasteiger partial charge in [0, 0.05) is 3.57 Å². The van der Waals surface area contributed by atoms with E-state index < -0.39 is 11.9 Å². The molecule has 104 valence electrons. The number of carbonyl (C=O) groups excluding carboxylic acids is 2. The topological polar surface area (TPSA) is 65.7 Å². The minimum atomic E-state index is -0.569. The van der Waals surface area contributed by atoms with E-state index in [1.54, 1.807) is 24.3 Å². The smallest absolute Gasteiger partial charge is 0.373 e. The molecule has 1 aromatic carbocycles. The molecular formula is C14H11IO5. The van der Waals surface area contributed by atoms with Crippen LogP contribution in [-0.4, -0.2) is 19.0 Å². The minimum absolute atomic E-state index is 0.0404. The van der Waals surface area contributed by atoms with Crippen molar-refractivity contribution >= 4 is 34.5 Å². The first-order valence-corrected chi connectivity index (χ1v) is 6.78. The molecule has 0 amide bonds. The van der Waals surface area contributed by atoms with E-state index in [1.165, 1.54) is 13.2 Å². The van der Waals surface area contributed by atoms with Gasteiger partial charge in [-0.15, -0.1) is 0 Å². The number of furan rings is 1. The number of hydrogen-bond donors (Lipinski definition) is 0. The molecule has 0 radical (unpaired) electrons. The van der Waals surface area contributed by atoms with Crippen LogP contribution < -0.4 is 0 Å². The van der Waals surface area contributed by atoms with Gasteiger partial charge in [0.25, 0.3) is 0 Å². The first-order chi connectivity index (χ1) is 9.60. The Labute approximate surface area is 129 Å². The second kappa shape index (κ2) is 6.56. The van der Waals surface area contributed by atoms with Crippen molar-refractivity contribution in [2.75, 3.05) is 7.11 Å². The van der Waals surface area contributed by atoms with Crippen molar-refractivity contribution in [1.82, 2.24) is 0 Å². The lowest BCUT2D eigenvalue weighted by Crippen LogP contribution is -2.05. The summed E-state index contributed by atoms with van der Waals surface area (Å²) in [5, 5.41) is 0. The minimum Gasteiger partial charge on any atom is -0.463 e. The summed E-state index contributed by atoms with van der Waals surface area (Å²) in [5.41, 5.74) is 0.469. The number of methoxy groups -OCH3 is 1. The van der Waals surface area contributed by atoms with E-state index in [4.69, 9.17) is 9.15 Å². The summed E-state index contributed by atoms with van der Waals surface area (Å²) in [6.07, 6.45) is 0. The van der Waals surface area contributed by atoms with Crippen LogP contribution in [0, 0.1) is 3.57 Å². The Balaban J connectivity index is 1.97. The van der Waals surface area contributed by atoms with Gasteiger partial charge in [-0.3, -0.25) is 0 Å². The van der Waals surface area contributed by atoms with E-state index in [1.807, 2.05) is 6.07 Å². The molecule has 0 spiro atoms. The van der Waals surface area contributed by atoms with Crippen LogP contribution in [0.4, 0.5) is 0 Å². The number of esters is 2. The molecule has 0 saturated carbocycles. The average Bonchev–Trinajstić information content (AvgIpc) is 2.92. The lowest BCUT2D eigenvalue weighted by molar-refractivity contribution is 0.0438. The van der Waals surface area contributed by atoms with E-state index in [0.29, 0.717) is 11.3 Å². The average molecular weight is 386 g/mol. The fourth-order valence-corrected chi connectivity index (χ4v) is 2.04. The number of hydrogen-bond acceptors (Lipinski definition) is 5. The van der Waals surface area contributed by atoms with Crippen molar-refractivity contribution in [3.05, 3.63) is 57.1 Å². The van der Waals surface area contributed by atoms with Crippen molar-refractivity contribution in [1.29, 1.82) is 0 Å². The predicted octanol–water partition coefficient (Wildman–Crippen LogP) is 3.03. The maximum atomic E-state index is 11.8. The summed E-state index contributed by atoms with van der Waals surface area (Å²) >= 11 is 2.12.